The molecular weight excluding hydrogens is 766 g/mol. The average Bonchev–Trinajstić information content (AvgIpc) is 3.87. The van der Waals surface area contributed by atoms with Gasteiger partial charge in [-0.05, 0) is 80.5 Å². The number of pyridine rings is 2. The van der Waals surface area contributed by atoms with Crippen molar-refractivity contribution >= 4 is 46.0 Å². The Morgan fingerprint density at radius 2 is 1.57 bits per heavy atom. The first kappa shape index (κ1) is 41.8. The van der Waals surface area contributed by atoms with Gasteiger partial charge >= 0.3 is 6.09 Å². The molecule has 1 fully saturated rings. The predicted molar refractivity (Wildman–Crippen MR) is 220 cm³/mol. The van der Waals surface area contributed by atoms with Crippen molar-refractivity contribution in [3.63, 3.8) is 0 Å². The van der Waals surface area contributed by atoms with Crippen LogP contribution in [-0.2, 0) is 33.9 Å². The molecule has 2 aromatic carbocycles. The number of nitrogens with one attached hydrogen (secondary N) is 2. The lowest BCUT2D eigenvalue weighted by atomic mass is 10.1. The third-order valence-electron chi connectivity index (χ3n) is 9.51. The molecular formula is C42H50ClN7O8. The molecule has 2 amide bonds. The predicted octanol–water partition coefficient (Wildman–Crippen LogP) is 7.00. The summed E-state index contributed by atoms with van der Waals surface area (Å²) >= 11 is 6.70. The van der Waals surface area contributed by atoms with Crippen LogP contribution in [0.5, 0.6) is 23.0 Å². The molecule has 0 radical (unpaired) electrons. The van der Waals surface area contributed by atoms with Crippen molar-refractivity contribution in [3.05, 3.63) is 89.0 Å². The minimum Gasteiger partial charge on any atom is -0.497 e. The Hall–Kier alpha value is -5.80. The highest BCUT2D eigenvalue weighted by molar-refractivity contribution is 6.30. The molecule has 2 atom stereocenters. The van der Waals surface area contributed by atoms with Crippen LogP contribution in [0.3, 0.4) is 0 Å². The van der Waals surface area contributed by atoms with Crippen molar-refractivity contribution in [3.8, 4) is 23.0 Å². The first-order valence-corrected chi connectivity index (χ1v) is 19.3. The van der Waals surface area contributed by atoms with Gasteiger partial charge in [-0.25, -0.2) is 14.8 Å². The summed E-state index contributed by atoms with van der Waals surface area (Å²) in [4.78, 5) is 36.7. The quantitative estimate of drug-likeness (QED) is 0.0690. The first-order chi connectivity index (χ1) is 27.9. The molecule has 6 rings (SSSR count). The van der Waals surface area contributed by atoms with Gasteiger partial charge in [-0.3, -0.25) is 9.48 Å². The van der Waals surface area contributed by atoms with Crippen LogP contribution in [0, 0.1) is 5.92 Å². The smallest absolute Gasteiger partial charge is 0.407 e. The number of rotatable bonds is 18. The number of hydrogen-bond donors (Lipinski definition) is 2. The van der Waals surface area contributed by atoms with E-state index >= 15 is 0 Å². The molecule has 0 unspecified atom stereocenters. The summed E-state index contributed by atoms with van der Waals surface area (Å²) in [6.07, 6.45) is 5.67. The van der Waals surface area contributed by atoms with Gasteiger partial charge < -0.3 is 44.0 Å². The fourth-order valence-electron chi connectivity index (χ4n) is 6.56. The first-order valence-electron chi connectivity index (χ1n) is 18.9. The van der Waals surface area contributed by atoms with E-state index in [1.165, 1.54) is 0 Å². The molecule has 2 N–H and O–H groups in total. The molecule has 1 aliphatic carbocycles. The number of halogens is 1. The lowest BCUT2D eigenvalue weighted by molar-refractivity contribution is -0.117. The molecule has 15 nitrogen and oxygen atoms in total. The second kappa shape index (κ2) is 18.6. The number of fused-ring (bicyclic) bond motifs is 1. The van der Waals surface area contributed by atoms with E-state index in [0.717, 1.165) is 27.5 Å². The Bertz CT molecular complexity index is 2170. The van der Waals surface area contributed by atoms with Crippen LogP contribution >= 0.6 is 11.6 Å². The van der Waals surface area contributed by atoms with E-state index < -0.39 is 11.7 Å². The van der Waals surface area contributed by atoms with Gasteiger partial charge in [0.25, 0.3) is 0 Å². The molecule has 3 aromatic heterocycles. The molecule has 1 aliphatic rings. The fourth-order valence-corrected chi connectivity index (χ4v) is 6.75. The molecule has 5 aromatic rings. The molecule has 308 valence electrons. The summed E-state index contributed by atoms with van der Waals surface area (Å²) in [6, 6.07) is 14.9. The highest BCUT2D eigenvalue weighted by Gasteiger charge is 2.44. The number of nitrogens with zero attached hydrogens (tertiary/aromatic N) is 5. The molecule has 0 bridgehead atoms. The molecule has 58 heavy (non-hydrogen) atoms. The zero-order chi connectivity index (χ0) is 41.4. The van der Waals surface area contributed by atoms with Crippen molar-refractivity contribution in [1.82, 2.24) is 25.1 Å². The highest BCUT2D eigenvalue weighted by Crippen LogP contribution is 2.48. The summed E-state index contributed by atoms with van der Waals surface area (Å²) in [5.41, 5.74) is 2.22. The van der Waals surface area contributed by atoms with Crippen LogP contribution in [-0.4, -0.2) is 85.5 Å². The van der Waals surface area contributed by atoms with Crippen LogP contribution in [0.25, 0.3) is 10.8 Å². The van der Waals surface area contributed by atoms with Gasteiger partial charge in [0, 0.05) is 66.6 Å². The Morgan fingerprint density at radius 1 is 0.897 bits per heavy atom. The molecule has 1 saturated carbocycles. The second-order valence-corrected chi connectivity index (χ2v) is 15.2. The Morgan fingerprint density at radius 3 is 2.19 bits per heavy atom. The largest absolute Gasteiger partial charge is 0.497 e. The van der Waals surface area contributed by atoms with Crippen LogP contribution < -0.4 is 34.5 Å². The SMILES string of the molecule is COc1ccc(CN(Cc2ccc(OC)cc2OC)c2nc(Cl)cc3cc(NC(=O)[C@@H]4C[C@H]4c4cnn(CCOCCNC(=O)OC(C)(C)C)c4)ncc23)c(OC)c1. The van der Waals surface area contributed by atoms with Gasteiger partial charge in [0.1, 0.15) is 45.4 Å². The summed E-state index contributed by atoms with van der Waals surface area (Å²) in [5.74, 6) is 3.37. The third-order valence-corrected chi connectivity index (χ3v) is 9.71. The summed E-state index contributed by atoms with van der Waals surface area (Å²) in [7, 11) is 6.46. The second-order valence-electron chi connectivity index (χ2n) is 14.8. The minimum atomic E-state index is -0.553. The van der Waals surface area contributed by atoms with Gasteiger partial charge in [0.05, 0.1) is 54.4 Å². The van der Waals surface area contributed by atoms with Crippen LogP contribution in [0.2, 0.25) is 5.15 Å². The van der Waals surface area contributed by atoms with Crippen molar-refractivity contribution < 1.29 is 38.0 Å². The maximum Gasteiger partial charge on any atom is 0.407 e. The van der Waals surface area contributed by atoms with Crippen LogP contribution in [0.4, 0.5) is 16.4 Å². The van der Waals surface area contributed by atoms with Gasteiger partial charge in [0.15, 0.2) is 0 Å². The van der Waals surface area contributed by atoms with Gasteiger partial charge in [-0.15, -0.1) is 0 Å². The number of ether oxygens (including phenoxy) is 6. The zero-order valence-corrected chi connectivity index (χ0v) is 34.6. The Kier molecular flexibility index (Phi) is 13.4. The van der Waals surface area contributed by atoms with Crippen molar-refractivity contribution in [2.45, 2.75) is 58.3 Å². The number of aromatic nitrogens is 4. The van der Waals surface area contributed by atoms with Crippen LogP contribution in [0.1, 0.15) is 49.8 Å². The maximum absolute atomic E-state index is 13.4. The zero-order valence-electron chi connectivity index (χ0n) is 33.8. The van der Waals surface area contributed by atoms with Crippen molar-refractivity contribution in [1.29, 1.82) is 0 Å². The van der Waals surface area contributed by atoms with E-state index in [2.05, 4.69) is 25.6 Å². The lowest BCUT2D eigenvalue weighted by Crippen LogP contribution is -2.34. The van der Waals surface area contributed by atoms with E-state index in [9.17, 15) is 9.59 Å². The number of hydrogen-bond acceptors (Lipinski definition) is 12. The standard InChI is InChI=1S/C42H50ClN7O8/c1-42(2,3)58-41(52)44-12-14-57-15-13-50-25-29(21-46-50)32-20-33(32)40(51)48-38-17-28-16-37(43)47-39(34(28)22-45-38)49(23-26-8-10-30(53-4)18-35(26)55-6)24-27-9-11-31(54-5)19-36(27)56-7/h8-11,16-19,21-22,25,32-33H,12-15,20,23-24H2,1-7H3,(H,44,52)(H,45,48,51)/t32-,33+/m0/s1. The van der Waals surface area contributed by atoms with Gasteiger partial charge in [-0.1, -0.05) is 11.6 Å². The number of methoxy groups -OCH3 is 4. The Balaban J connectivity index is 1.13. The monoisotopic (exact) mass is 815 g/mol. The molecule has 0 aliphatic heterocycles. The van der Waals surface area contributed by atoms with E-state index in [-0.39, 0.29) is 22.9 Å². The number of alkyl carbamates (subject to hydrolysis) is 1. The molecule has 0 spiro atoms. The summed E-state index contributed by atoms with van der Waals surface area (Å²) < 4.78 is 35.0. The molecule has 3 heterocycles. The van der Waals surface area contributed by atoms with E-state index in [1.54, 1.807) is 51.6 Å². The minimum absolute atomic E-state index is 0.0526. The van der Waals surface area contributed by atoms with E-state index in [1.807, 2.05) is 69.4 Å². The number of amides is 2. The number of carbonyl (C=O) groups is 2. The average molecular weight is 816 g/mol. The van der Waals surface area contributed by atoms with Crippen molar-refractivity contribution in [2.24, 2.45) is 5.92 Å². The van der Waals surface area contributed by atoms with Crippen molar-refractivity contribution in [2.75, 3.05) is 58.4 Å². The maximum atomic E-state index is 13.4. The van der Waals surface area contributed by atoms with Crippen LogP contribution in [0.15, 0.2) is 67.1 Å². The van der Waals surface area contributed by atoms with E-state index in [4.69, 9.17) is 45.0 Å². The van der Waals surface area contributed by atoms with E-state index in [0.29, 0.717) is 80.4 Å². The van der Waals surface area contributed by atoms with Gasteiger partial charge in [0.2, 0.25) is 5.91 Å². The topological polar surface area (TPSA) is 160 Å². The van der Waals surface area contributed by atoms with Gasteiger partial charge in [-0.2, -0.15) is 5.10 Å². The summed E-state index contributed by atoms with van der Waals surface area (Å²) in [6.45, 7) is 7.87. The number of carbonyl (C=O) groups excluding carboxylic acids is 2. The highest BCUT2D eigenvalue weighted by atomic mass is 35.5. The normalized spacial score (nSPS) is 14.8. The number of benzene rings is 2. The lowest BCUT2D eigenvalue weighted by Gasteiger charge is -2.27. The number of anilines is 2. The molecule has 16 heteroatoms. The summed E-state index contributed by atoms with van der Waals surface area (Å²) in [5, 5.41) is 11.9. The Labute approximate surface area is 342 Å². The molecule has 0 saturated heterocycles. The third kappa shape index (κ3) is 10.8. The fraction of sp³-hybridized carbons (Fsp3) is 0.405.